The van der Waals surface area contributed by atoms with Crippen molar-refractivity contribution >= 4 is 0 Å². The molecule has 2 aliphatic rings. The molecule has 0 amide bonds. The Morgan fingerprint density at radius 1 is 1.41 bits per heavy atom. The lowest BCUT2D eigenvalue weighted by Crippen LogP contribution is -2.26. The van der Waals surface area contributed by atoms with Gasteiger partial charge in [0.05, 0.1) is 6.04 Å². The summed E-state index contributed by atoms with van der Waals surface area (Å²) in [6.07, 6.45) is 6.60. The summed E-state index contributed by atoms with van der Waals surface area (Å²) in [7, 11) is 2.19. The third-order valence-electron chi connectivity index (χ3n) is 4.30. The Morgan fingerprint density at radius 2 is 2.29 bits per heavy atom. The van der Waals surface area contributed by atoms with Gasteiger partial charge in [-0.1, -0.05) is 0 Å². The van der Waals surface area contributed by atoms with Crippen LogP contribution in [0.2, 0.25) is 0 Å². The highest BCUT2D eigenvalue weighted by atomic mass is 16.3. The summed E-state index contributed by atoms with van der Waals surface area (Å²) in [5.74, 6) is 1.68. The van der Waals surface area contributed by atoms with Gasteiger partial charge in [0.25, 0.3) is 0 Å². The number of aliphatic hydroxyl groups is 1. The van der Waals surface area contributed by atoms with Crippen LogP contribution in [0, 0.1) is 5.92 Å². The first-order valence-electron chi connectivity index (χ1n) is 6.65. The Balaban J connectivity index is 1.86. The van der Waals surface area contributed by atoms with E-state index in [-0.39, 0.29) is 0 Å². The minimum Gasteiger partial charge on any atom is -0.396 e. The van der Waals surface area contributed by atoms with Crippen LogP contribution in [0.3, 0.4) is 0 Å². The zero-order valence-corrected chi connectivity index (χ0v) is 10.5. The topological polar surface area (TPSA) is 41.3 Å². The van der Waals surface area contributed by atoms with E-state index in [1.54, 1.807) is 0 Å². The van der Waals surface area contributed by atoms with Crippen LogP contribution in [0.1, 0.15) is 36.8 Å². The number of hydrogen-bond donors (Lipinski definition) is 1. The molecule has 0 radical (unpaired) electrons. The third-order valence-corrected chi connectivity index (χ3v) is 4.30. The summed E-state index contributed by atoms with van der Waals surface area (Å²) < 4.78 is 2.39. The van der Waals surface area contributed by atoms with Crippen LogP contribution >= 0.6 is 0 Å². The van der Waals surface area contributed by atoms with E-state index in [9.17, 15) is 5.11 Å². The van der Waals surface area contributed by atoms with Crippen molar-refractivity contribution in [3.63, 3.8) is 0 Å². The number of hydrogen-bond acceptors (Lipinski definition) is 3. The fourth-order valence-corrected chi connectivity index (χ4v) is 3.22. The van der Waals surface area contributed by atoms with Gasteiger partial charge in [-0.05, 0) is 45.2 Å². The lowest BCUT2D eigenvalue weighted by Gasteiger charge is -2.26. The van der Waals surface area contributed by atoms with Crippen molar-refractivity contribution in [2.75, 3.05) is 20.2 Å². The molecule has 94 valence electrons. The highest BCUT2D eigenvalue weighted by Gasteiger charge is 2.29. The van der Waals surface area contributed by atoms with E-state index in [0.29, 0.717) is 18.6 Å². The molecule has 3 heterocycles. The highest BCUT2D eigenvalue weighted by molar-refractivity contribution is 5.13. The van der Waals surface area contributed by atoms with Crippen LogP contribution in [0.4, 0.5) is 0 Å². The number of aromatic nitrogens is 2. The average Bonchev–Trinajstić information content (AvgIpc) is 2.94. The summed E-state index contributed by atoms with van der Waals surface area (Å²) in [6, 6.07) is 0.509. The predicted molar refractivity (Wildman–Crippen MR) is 65.7 cm³/mol. The third kappa shape index (κ3) is 1.89. The minimum atomic E-state index is 0.309. The van der Waals surface area contributed by atoms with Crippen molar-refractivity contribution < 1.29 is 5.11 Å². The van der Waals surface area contributed by atoms with Crippen LogP contribution in [0.25, 0.3) is 0 Å². The van der Waals surface area contributed by atoms with Crippen LogP contribution in [-0.2, 0) is 13.0 Å². The maximum atomic E-state index is 9.24. The molecule has 1 fully saturated rings. The number of nitrogens with zero attached hydrogens (tertiary/aromatic N) is 3. The molecule has 0 saturated carbocycles. The first kappa shape index (κ1) is 11.2. The molecular formula is C13H21N3O. The number of likely N-dealkylation sites (tertiary alicyclic amines) is 1. The molecule has 1 saturated heterocycles. The molecule has 0 spiro atoms. The molecular weight excluding hydrogens is 214 g/mol. The van der Waals surface area contributed by atoms with E-state index in [1.165, 1.54) is 30.9 Å². The smallest absolute Gasteiger partial charge is 0.126 e. The van der Waals surface area contributed by atoms with Gasteiger partial charge in [-0.25, -0.2) is 4.98 Å². The molecule has 3 rings (SSSR count). The van der Waals surface area contributed by atoms with Crippen molar-refractivity contribution in [1.29, 1.82) is 0 Å². The van der Waals surface area contributed by atoms with Gasteiger partial charge in [-0.2, -0.15) is 0 Å². The Morgan fingerprint density at radius 3 is 3.00 bits per heavy atom. The number of aliphatic hydroxyl groups excluding tert-OH is 1. The molecule has 1 aromatic heterocycles. The predicted octanol–water partition coefficient (Wildman–Crippen LogP) is 1.20. The molecule has 17 heavy (non-hydrogen) atoms. The van der Waals surface area contributed by atoms with E-state index in [4.69, 9.17) is 0 Å². The van der Waals surface area contributed by atoms with Crippen molar-refractivity contribution in [2.24, 2.45) is 5.92 Å². The largest absolute Gasteiger partial charge is 0.396 e. The zero-order valence-electron chi connectivity index (χ0n) is 10.5. The van der Waals surface area contributed by atoms with Crippen molar-refractivity contribution in [3.8, 4) is 0 Å². The molecule has 1 N–H and O–H groups in total. The standard InChI is InChI=1S/C13H21N3O/c1-15-5-2-3-12(15)13-14-8-11-7-10(9-17)4-6-16(11)13/h8,10,12,17H,2-7,9H2,1H3. The second kappa shape index (κ2) is 4.42. The summed E-state index contributed by atoms with van der Waals surface area (Å²) in [6.45, 7) is 2.52. The second-order valence-corrected chi connectivity index (χ2v) is 5.44. The number of fused-ring (bicyclic) bond motifs is 1. The van der Waals surface area contributed by atoms with Crippen molar-refractivity contribution in [3.05, 3.63) is 17.7 Å². The van der Waals surface area contributed by atoms with E-state index >= 15 is 0 Å². The highest BCUT2D eigenvalue weighted by Crippen LogP contribution is 2.32. The molecule has 2 unspecified atom stereocenters. The Kier molecular flexibility index (Phi) is 2.92. The molecule has 1 aromatic rings. The van der Waals surface area contributed by atoms with Crippen LogP contribution in [0.5, 0.6) is 0 Å². The molecule has 0 bridgehead atoms. The first-order valence-corrected chi connectivity index (χ1v) is 6.65. The van der Waals surface area contributed by atoms with Crippen molar-refractivity contribution in [2.45, 2.75) is 38.3 Å². The fourth-order valence-electron chi connectivity index (χ4n) is 3.22. The molecule has 0 aromatic carbocycles. The van der Waals surface area contributed by atoms with Gasteiger partial charge >= 0.3 is 0 Å². The molecule has 2 aliphatic heterocycles. The molecule has 2 atom stereocenters. The van der Waals surface area contributed by atoms with Crippen LogP contribution in [0.15, 0.2) is 6.20 Å². The SMILES string of the molecule is CN1CCCC1c1ncc2n1CCC(CO)C2. The fraction of sp³-hybridized carbons (Fsp3) is 0.769. The van der Waals surface area contributed by atoms with Gasteiger partial charge in [-0.15, -0.1) is 0 Å². The zero-order chi connectivity index (χ0) is 11.8. The molecule has 0 aliphatic carbocycles. The summed E-state index contributed by atoms with van der Waals surface area (Å²) in [5, 5.41) is 9.24. The summed E-state index contributed by atoms with van der Waals surface area (Å²) >= 11 is 0. The van der Waals surface area contributed by atoms with E-state index < -0.39 is 0 Å². The van der Waals surface area contributed by atoms with Gasteiger partial charge in [0.15, 0.2) is 0 Å². The van der Waals surface area contributed by atoms with Gasteiger partial charge in [0.1, 0.15) is 5.82 Å². The van der Waals surface area contributed by atoms with E-state index in [2.05, 4.69) is 21.5 Å². The van der Waals surface area contributed by atoms with Crippen molar-refractivity contribution in [1.82, 2.24) is 14.5 Å². The number of rotatable bonds is 2. The normalized spacial score (nSPS) is 29.5. The monoisotopic (exact) mass is 235 g/mol. The minimum absolute atomic E-state index is 0.309. The maximum Gasteiger partial charge on any atom is 0.126 e. The second-order valence-electron chi connectivity index (χ2n) is 5.44. The first-order chi connectivity index (χ1) is 8.29. The molecule has 4 nitrogen and oxygen atoms in total. The van der Waals surface area contributed by atoms with Gasteiger partial charge in [-0.3, -0.25) is 4.90 Å². The van der Waals surface area contributed by atoms with Gasteiger partial charge < -0.3 is 9.67 Å². The number of imidazole rings is 1. The summed E-state index contributed by atoms with van der Waals surface area (Å²) in [5.41, 5.74) is 1.31. The average molecular weight is 235 g/mol. The lowest BCUT2D eigenvalue weighted by atomic mass is 9.97. The maximum absolute atomic E-state index is 9.24. The van der Waals surface area contributed by atoms with Gasteiger partial charge in [0, 0.05) is 25.0 Å². The van der Waals surface area contributed by atoms with Crippen LogP contribution in [-0.4, -0.2) is 39.8 Å². The quantitative estimate of drug-likeness (QED) is 0.837. The van der Waals surface area contributed by atoms with E-state index in [1.807, 2.05) is 6.20 Å². The van der Waals surface area contributed by atoms with E-state index in [0.717, 1.165) is 19.4 Å². The van der Waals surface area contributed by atoms with Crippen LogP contribution < -0.4 is 0 Å². The Labute approximate surface area is 102 Å². The lowest BCUT2D eigenvalue weighted by molar-refractivity contribution is 0.197. The Hall–Kier alpha value is -0.870. The molecule has 4 heteroatoms. The summed E-state index contributed by atoms with van der Waals surface area (Å²) in [4.78, 5) is 7.05. The Bertz CT molecular complexity index is 401. The van der Waals surface area contributed by atoms with Gasteiger partial charge in [0.2, 0.25) is 0 Å².